The number of para-hydroxylation sites is 1. The summed E-state index contributed by atoms with van der Waals surface area (Å²) >= 11 is 0. The number of nitrogens with zero attached hydrogens (tertiary/aromatic N) is 2. The summed E-state index contributed by atoms with van der Waals surface area (Å²) < 4.78 is 5.01. The van der Waals surface area contributed by atoms with E-state index >= 15 is 0 Å². The molecular formula is C15H18N2O3. The molecule has 0 aliphatic carbocycles. The molecular weight excluding hydrogens is 256 g/mol. The van der Waals surface area contributed by atoms with Crippen LogP contribution in [0.25, 0.3) is 10.9 Å². The number of aromatic nitrogens is 1. The molecule has 0 bridgehead atoms. The van der Waals surface area contributed by atoms with E-state index in [1.54, 1.807) is 7.11 Å². The second-order valence-corrected chi connectivity index (χ2v) is 4.59. The Kier molecular flexibility index (Phi) is 5.03. The fraction of sp³-hybridized carbons (Fsp3) is 0.333. The Balaban J connectivity index is 2.12. The van der Waals surface area contributed by atoms with Crippen molar-refractivity contribution in [2.45, 2.75) is 6.54 Å². The monoisotopic (exact) mass is 274 g/mol. The molecule has 5 heteroatoms. The van der Waals surface area contributed by atoms with Crippen LogP contribution in [0.15, 0.2) is 36.4 Å². The highest BCUT2D eigenvalue weighted by molar-refractivity contribution is 5.78. The zero-order chi connectivity index (χ0) is 14.4. The number of ether oxygens (including phenoxy) is 1. The molecule has 0 saturated carbocycles. The van der Waals surface area contributed by atoms with E-state index in [4.69, 9.17) is 9.84 Å². The molecule has 0 fully saturated rings. The van der Waals surface area contributed by atoms with Crippen LogP contribution in [-0.2, 0) is 16.1 Å². The number of carboxylic acid groups (broad SMARTS) is 1. The van der Waals surface area contributed by atoms with Crippen LogP contribution in [0, 0.1) is 0 Å². The van der Waals surface area contributed by atoms with Crippen LogP contribution in [0.4, 0.5) is 0 Å². The second-order valence-electron chi connectivity index (χ2n) is 4.59. The lowest BCUT2D eigenvalue weighted by Gasteiger charge is -2.19. The molecule has 20 heavy (non-hydrogen) atoms. The first-order valence-corrected chi connectivity index (χ1v) is 6.47. The highest BCUT2D eigenvalue weighted by Crippen LogP contribution is 2.13. The predicted molar refractivity (Wildman–Crippen MR) is 76.5 cm³/mol. The van der Waals surface area contributed by atoms with Crippen LogP contribution in [0.5, 0.6) is 0 Å². The number of methoxy groups -OCH3 is 1. The fourth-order valence-electron chi connectivity index (χ4n) is 2.05. The predicted octanol–water partition coefficient (Wildman–Crippen LogP) is 1.77. The summed E-state index contributed by atoms with van der Waals surface area (Å²) in [5.74, 6) is -0.845. The highest BCUT2D eigenvalue weighted by atomic mass is 16.5. The van der Waals surface area contributed by atoms with E-state index < -0.39 is 5.97 Å². The molecule has 2 aromatic rings. The van der Waals surface area contributed by atoms with Crippen LogP contribution in [0.3, 0.4) is 0 Å². The Labute approximate surface area is 117 Å². The second kappa shape index (κ2) is 6.98. The first kappa shape index (κ1) is 14.4. The van der Waals surface area contributed by atoms with Crippen LogP contribution >= 0.6 is 0 Å². The van der Waals surface area contributed by atoms with Crippen LogP contribution in [-0.4, -0.2) is 47.8 Å². The summed E-state index contributed by atoms with van der Waals surface area (Å²) in [5.41, 5.74) is 1.79. The molecule has 5 nitrogen and oxygen atoms in total. The lowest BCUT2D eigenvalue weighted by Crippen LogP contribution is -2.32. The zero-order valence-corrected chi connectivity index (χ0v) is 11.5. The van der Waals surface area contributed by atoms with Gasteiger partial charge in [0.1, 0.15) is 0 Å². The van der Waals surface area contributed by atoms with Crippen molar-refractivity contribution in [3.8, 4) is 0 Å². The summed E-state index contributed by atoms with van der Waals surface area (Å²) in [6, 6.07) is 11.8. The van der Waals surface area contributed by atoms with Crippen molar-refractivity contribution < 1.29 is 14.6 Å². The Morgan fingerprint density at radius 2 is 2.10 bits per heavy atom. The topological polar surface area (TPSA) is 62.7 Å². The van der Waals surface area contributed by atoms with Gasteiger partial charge in [-0.25, -0.2) is 0 Å². The first-order valence-electron chi connectivity index (χ1n) is 6.47. The van der Waals surface area contributed by atoms with Gasteiger partial charge in [0.05, 0.1) is 24.4 Å². The third-order valence-electron chi connectivity index (χ3n) is 3.01. The first-order chi connectivity index (χ1) is 9.69. The van der Waals surface area contributed by atoms with E-state index in [9.17, 15) is 4.79 Å². The number of benzene rings is 1. The number of carbonyl (C=O) groups is 1. The summed E-state index contributed by atoms with van der Waals surface area (Å²) in [4.78, 5) is 17.2. The van der Waals surface area contributed by atoms with Gasteiger partial charge in [-0.2, -0.15) is 0 Å². The lowest BCUT2D eigenvalue weighted by atomic mass is 10.2. The highest BCUT2D eigenvalue weighted by Gasteiger charge is 2.11. The molecule has 0 spiro atoms. The van der Waals surface area contributed by atoms with Gasteiger partial charge >= 0.3 is 5.97 Å². The molecule has 0 aliphatic rings. The molecule has 0 aliphatic heterocycles. The van der Waals surface area contributed by atoms with Crippen molar-refractivity contribution in [1.29, 1.82) is 0 Å². The average Bonchev–Trinajstić information content (AvgIpc) is 2.44. The zero-order valence-electron chi connectivity index (χ0n) is 11.5. The van der Waals surface area contributed by atoms with Crippen LogP contribution in [0.1, 0.15) is 5.69 Å². The van der Waals surface area contributed by atoms with Crippen LogP contribution < -0.4 is 0 Å². The normalized spacial score (nSPS) is 11.1. The van der Waals surface area contributed by atoms with Gasteiger partial charge in [-0.15, -0.1) is 0 Å². The van der Waals surface area contributed by atoms with Gasteiger partial charge in [0.15, 0.2) is 0 Å². The number of aliphatic carboxylic acids is 1. The number of rotatable bonds is 7. The maximum atomic E-state index is 10.9. The number of pyridine rings is 1. The van der Waals surface area contributed by atoms with Gasteiger partial charge < -0.3 is 9.84 Å². The molecule has 0 unspecified atom stereocenters. The van der Waals surface area contributed by atoms with E-state index in [0.717, 1.165) is 16.6 Å². The van der Waals surface area contributed by atoms with Crippen molar-refractivity contribution in [3.63, 3.8) is 0 Å². The van der Waals surface area contributed by atoms with Gasteiger partial charge in [-0.05, 0) is 12.1 Å². The van der Waals surface area contributed by atoms with Gasteiger partial charge in [0.2, 0.25) is 0 Å². The van der Waals surface area contributed by atoms with Crippen molar-refractivity contribution in [3.05, 3.63) is 42.1 Å². The molecule has 1 N–H and O–H groups in total. The maximum Gasteiger partial charge on any atom is 0.317 e. The maximum absolute atomic E-state index is 10.9. The minimum Gasteiger partial charge on any atom is -0.480 e. The van der Waals surface area contributed by atoms with Gasteiger partial charge in [0.25, 0.3) is 0 Å². The fourth-order valence-corrected chi connectivity index (χ4v) is 2.05. The number of hydrogen-bond donors (Lipinski definition) is 1. The number of carboxylic acids is 1. The van der Waals surface area contributed by atoms with E-state index in [2.05, 4.69) is 4.98 Å². The standard InChI is InChI=1S/C15H18N2O3/c1-20-9-8-17(11-15(18)19)10-13-7-6-12-4-2-3-5-14(12)16-13/h2-7H,8-11H2,1H3,(H,18,19). The molecule has 106 valence electrons. The molecule has 1 aromatic carbocycles. The quantitative estimate of drug-likeness (QED) is 0.833. The largest absolute Gasteiger partial charge is 0.480 e. The number of hydrogen-bond acceptors (Lipinski definition) is 4. The molecule has 1 aromatic heterocycles. The number of fused-ring (bicyclic) bond motifs is 1. The third-order valence-corrected chi connectivity index (χ3v) is 3.01. The average molecular weight is 274 g/mol. The smallest absolute Gasteiger partial charge is 0.317 e. The molecule has 0 radical (unpaired) electrons. The SMILES string of the molecule is COCCN(CC(=O)O)Cc1ccc2ccccc2n1. The summed E-state index contributed by atoms with van der Waals surface area (Å²) in [7, 11) is 1.60. The van der Waals surface area contributed by atoms with Crippen molar-refractivity contribution in [2.75, 3.05) is 26.8 Å². The minimum absolute atomic E-state index is 0.0160. The molecule has 2 rings (SSSR count). The summed E-state index contributed by atoms with van der Waals surface area (Å²) in [5, 5.41) is 10.0. The molecule has 0 atom stereocenters. The Hall–Kier alpha value is -1.98. The van der Waals surface area contributed by atoms with E-state index in [-0.39, 0.29) is 6.54 Å². The Morgan fingerprint density at radius 3 is 2.85 bits per heavy atom. The van der Waals surface area contributed by atoms with Crippen molar-refractivity contribution >= 4 is 16.9 Å². The van der Waals surface area contributed by atoms with E-state index in [1.807, 2.05) is 41.3 Å². The van der Waals surface area contributed by atoms with Crippen LogP contribution in [0.2, 0.25) is 0 Å². The minimum atomic E-state index is -0.845. The van der Waals surface area contributed by atoms with E-state index in [1.165, 1.54) is 0 Å². The van der Waals surface area contributed by atoms with Crippen molar-refractivity contribution in [2.24, 2.45) is 0 Å². The third kappa shape index (κ3) is 4.01. The summed E-state index contributed by atoms with van der Waals surface area (Å²) in [6.45, 7) is 1.55. The van der Waals surface area contributed by atoms with Gasteiger partial charge in [-0.1, -0.05) is 24.3 Å². The molecule has 1 heterocycles. The Bertz CT molecular complexity index is 586. The lowest BCUT2D eigenvalue weighted by molar-refractivity contribution is -0.138. The van der Waals surface area contributed by atoms with Gasteiger partial charge in [0, 0.05) is 25.6 Å². The Morgan fingerprint density at radius 1 is 1.30 bits per heavy atom. The van der Waals surface area contributed by atoms with E-state index in [0.29, 0.717) is 19.7 Å². The molecule has 0 amide bonds. The summed E-state index contributed by atoms with van der Waals surface area (Å²) in [6.07, 6.45) is 0. The molecule has 0 saturated heterocycles. The van der Waals surface area contributed by atoms with Crippen molar-refractivity contribution in [1.82, 2.24) is 9.88 Å². The van der Waals surface area contributed by atoms with Gasteiger partial charge in [-0.3, -0.25) is 14.7 Å².